The van der Waals surface area contributed by atoms with Crippen LogP contribution < -0.4 is 5.32 Å². The van der Waals surface area contributed by atoms with E-state index in [1.54, 1.807) is 13.8 Å². The van der Waals surface area contributed by atoms with Crippen molar-refractivity contribution in [3.63, 3.8) is 0 Å². The lowest BCUT2D eigenvalue weighted by Gasteiger charge is -2.12. The molecule has 0 atom stereocenters. The molecule has 120 valence electrons. The first-order valence-electron chi connectivity index (χ1n) is 6.59. The van der Waals surface area contributed by atoms with Crippen LogP contribution in [0.3, 0.4) is 0 Å². The maximum Gasteiger partial charge on any atom is 0.416 e. The summed E-state index contributed by atoms with van der Waals surface area (Å²) in [6.45, 7) is 3.42. The van der Waals surface area contributed by atoms with Crippen LogP contribution in [0.15, 0.2) is 24.3 Å². The zero-order chi connectivity index (χ0) is 16.8. The smallest absolute Gasteiger partial charge is 0.339 e. The summed E-state index contributed by atoms with van der Waals surface area (Å²) in [6, 6.07) is 4.64. The molecule has 0 aliphatic carbocycles. The van der Waals surface area contributed by atoms with E-state index < -0.39 is 11.7 Å². The van der Waals surface area contributed by atoms with E-state index >= 15 is 0 Å². The molecule has 0 aliphatic heterocycles. The molecule has 23 heavy (non-hydrogen) atoms. The van der Waals surface area contributed by atoms with Gasteiger partial charge in [-0.3, -0.25) is 0 Å². The molecule has 2 heterocycles. The summed E-state index contributed by atoms with van der Waals surface area (Å²) in [4.78, 5) is 8.37. The first-order valence-corrected chi connectivity index (χ1v) is 6.97. The van der Waals surface area contributed by atoms with E-state index in [4.69, 9.17) is 11.6 Å². The van der Waals surface area contributed by atoms with Gasteiger partial charge in [-0.1, -0.05) is 11.6 Å². The minimum Gasteiger partial charge on any atom is -0.339 e. The van der Waals surface area contributed by atoms with Gasteiger partial charge >= 0.3 is 6.18 Å². The van der Waals surface area contributed by atoms with Crippen molar-refractivity contribution in [2.45, 2.75) is 20.0 Å². The number of fused-ring (bicyclic) bond motifs is 1. The molecular formula is C14H11ClF3N5. The zero-order valence-corrected chi connectivity index (χ0v) is 12.9. The average molecular weight is 342 g/mol. The van der Waals surface area contributed by atoms with Crippen LogP contribution in [0.4, 0.5) is 24.7 Å². The molecule has 0 saturated heterocycles. The van der Waals surface area contributed by atoms with E-state index in [0.29, 0.717) is 33.8 Å². The molecule has 3 rings (SSSR count). The Hall–Kier alpha value is -2.35. The number of benzene rings is 1. The predicted molar refractivity (Wildman–Crippen MR) is 80.0 cm³/mol. The van der Waals surface area contributed by atoms with Crippen LogP contribution in [-0.2, 0) is 6.18 Å². The zero-order valence-electron chi connectivity index (χ0n) is 12.1. The topological polar surface area (TPSA) is 55.1 Å². The molecule has 0 spiro atoms. The number of hydrogen-bond donors (Lipinski definition) is 1. The van der Waals surface area contributed by atoms with E-state index in [0.717, 1.165) is 12.1 Å². The van der Waals surface area contributed by atoms with Crippen LogP contribution in [-0.4, -0.2) is 19.6 Å². The molecular weight excluding hydrogens is 331 g/mol. The van der Waals surface area contributed by atoms with Gasteiger partial charge in [0.2, 0.25) is 0 Å². The normalized spacial score (nSPS) is 11.9. The molecule has 0 unspecified atom stereocenters. The highest BCUT2D eigenvalue weighted by molar-refractivity contribution is 6.33. The Morgan fingerprint density at radius 2 is 1.74 bits per heavy atom. The number of aryl methyl sites for hydroxylation is 2. The van der Waals surface area contributed by atoms with Crippen molar-refractivity contribution in [1.29, 1.82) is 0 Å². The largest absolute Gasteiger partial charge is 0.416 e. The van der Waals surface area contributed by atoms with Crippen LogP contribution in [0.5, 0.6) is 0 Å². The molecule has 0 saturated carbocycles. The Morgan fingerprint density at radius 1 is 1.09 bits per heavy atom. The van der Waals surface area contributed by atoms with Gasteiger partial charge in [-0.25, -0.2) is 4.98 Å². The van der Waals surface area contributed by atoms with Gasteiger partial charge in [0, 0.05) is 5.69 Å². The lowest BCUT2D eigenvalue weighted by molar-refractivity contribution is -0.137. The van der Waals surface area contributed by atoms with Gasteiger partial charge in [-0.05, 0) is 38.1 Å². The third-order valence-corrected chi connectivity index (χ3v) is 3.63. The maximum atomic E-state index is 12.6. The summed E-state index contributed by atoms with van der Waals surface area (Å²) < 4.78 is 39.2. The fraction of sp³-hybridized carbons (Fsp3) is 0.214. The molecule has 0 fully saturated rings. The van der Waals surface area contributed by atoms with Crippen LogP contribution >= 0.6 is 11.6 Å². The standard InChI is InChI=1S/C14H11ClF3N5/c1-7-11(15)12(23-13(19-7)20-8(2)22-23)21-10-5-3-9(4-6-10)14(16,17)18/h3-6,21H,1-2H3. The summed E-state index contributed by atoms with van der Waals surface area (Å²) in [5, 5.41) is 7.47. The monoisotopic (exact) mass is 341 g/mol. The SMILES string of the molecule is Cc1nc2nc(C)c(Cl)c(Nc3ccc(C(F)(F)F)cc3)n2n1. The van der Waals surface area contributed by atoms with Crippen LogP contribution in [0, 0.1) is 13.8 Å². The minimum atomic E-state index is -4.38. The van der Waals surface area contributed by atoms with Gasteiger partial charge in [0.05, 0.1) is 11.3 Å². The van der Waals surface area contributed by atoms with Crippen molar-refractivity contribution in [1.82, 2.24) is 19.6 Å². The molecule has 5 nitrogen and oxygen atoms in total. The van der Waals surface area contributed by atoms with Crippen molar-refractivity contribution in [3.8, 4) is 0 Å². The van der Waals surface area contributed by atoms with Crippen molar-refractivity contribution in [2.75, 3.05) is 5.32 Å². The number of halogens is 4. The molecule has 0 radical (unpaired) electrons. The summed E-state index contributed by atoms with van der Waals surface area (Å²) >= 11 is 6.24. The highest BCUT2D eigenvalue weighted by Crippen LogP contribution is 2.32. The van der Waals surface area contributed by atoms with Crippen LogP contribution in [0.2, 0.25) is 5.02 Å². The third kappa shape index (κ3) is 2.94. The van der Waals surface area contributed by atoms with Gasteiger partial charge in [-0.15, -0.1) is 5.10 Å². The van der Waals surface area contributed by atoms with Crippen LogP contribution in [0.1, 0.15) is 17.1 Å². The summed E-state index contributed by atoms with van der Waals surface area (Å²) in [5.74, 6) is 1.27. The van der Waals surface area contributed by atoms with E-state index in [9.17, 15) is 13.2 Å². The number of rotatable bonds is 2. The molecule has 0 aliphatic rings. The highest BCUT2D eigenvalue weighted by atomic mass is 35.5. The Labute approximate surface area is 134 Å². The number of nitrogens with one attached hydrogen (secondary N) is 1. The van der Waals surface area contributed by atoms with Gasteiger partial charge < -0.3 is 5.32 Å². The van der Waals surface area contributed by atoms with E-state index in [2.05, 4.69) is 20.4 Å². The highest BCUT2D eigenvalue weighted by Gasteiger charge is 2.30. The lowest BCUT2D eigenvalue weighted by Crippen LogP contribution is -2.06. The second-order valence-corrected chi connectivity index (χ2v) is 5.31. The van der Waals surface area contributed by atoms with E-state index in [-0.39, 0.29) is 0 Å². The fourth-order valence-corrected chi connectivity index (χ4v) is 2.25. The van der Waals surface area contributed by atoms with Crippen molar-refractivity contribution in [2.24, 2.45) is 0 Å². The quantitative estimate of drug-likeness (QED) is 0.760. The Balaban J connectivity index is 2.03. The van der Waals surface area contributed by atoms with E-state index in [1.165, 1.54) is 16.6 Å². The first kappa shape index (κ1) is 15.5. The summed E-state index contributed by atoms with van der Waals surface area (Å²) in [6.07, 6.45) is -4.38. The van der Waals surface area contributed by atoms with Crippen LogP contribution in [0.25, 0.3) is 5.78 Å². The molecule has 2 aromatic heterocycles. The maximum absolute atomic E-state index is 12.6. The van der Waals surface area contributed by atoms with Crippen molar-refractivity contribution < 1.29 is 13.2 Å². The lowest BCUT2D eigenvalue weighted by atomic mass is 10.2. The van der Waals surface area contributed by atoms with E-state index in [1.807, 2.05) is 0 Å². The second-order valence-electron chi connectivity index (χ2n) is 4.93. The van der Waals surface area contributed by atoms with Crippen molar-refractivity contribution >= 4 is 28.9 Å². The minimum absolute atomic E-state index is 0.322. The summed E-state index contributed by atoms with van der Waals surface area (Å²) in [5.41, 5.74) is 0.266. The first-order chi connectivity index (χ1) is 10.8. The molecule has 0 amide bonds. The molecule has 0 bridgehead atoms. The van der Waals surface area contributed by atoms with Gasteiger partial charge in [0.1, 0.15) is 10.8 Å². The fourth-order valence-electron chi connectivity index (χ4n) is 2.08. The number of hydrogen-bond acceptors (Lipinski definition) is 4. The Morgan fingerprint density at radius 3 is 2.35 bits per heavy atom. The van der Waals surface area contributed by atoms with Gasteiger partial charge in [-0.2, -0.15) is 22.7 Å². The van der Waals surface area contributed by atoms with Gasteiger partial charge in [0.25, 0.3) is 5.78 Å². The number of nitrogens with zero attached hydrogens (tertiary/aromatic N) is 4. The molecule has 3 aromatic rings. The van der Waals surface area contributed by atoms with Gasteiger partial charge in [0.15, 0.2) is 5.82 Å². The summed E-state index contributed by atoms with van der Waals surface area (Å²) in [7, 11) is 0. The number of alkyl halides is 3. The predicted octanol–water partition coefficient (Wildman–Crippen LogP) is 4.16. The second kappa shape index (κ2) is 5.38. The van der Waals surface area contributed by atoms with Crippen molar-refractivity contribution in [3.05, 3.63) is 46.4 Å². The Bertz CT molecular complexity index is 871. The average Bonchev–Trinajstić information content (AvgIpc) is 2.83. The third-order valence-electron chi connectivity index (χ3n) is 3.18. The molecule has 1 aromatic carbocycles. The Kier molecular flexibility index (Phi) is 3.63. The number of aromatic nitrogens is 4. The number of anilines is 2. The molecule has 1 N–H and O–H groups in total. The molecule has 9 heteroatoms.